The summed E-state index contributed by atoms with van der Waals surface area (Å²) >= 11 is 5.35. The van der Waals surface area contributed by atoms with E-state index in [1.165, 1.54) is 18.6 Å². The van der Waals surface area contributed by atoms with Crippen LogP contribution in [-0.4, -0.2) is 22.2 Å². The summed E-state index contributed by atoms with van der Waals surface area (Å²) in [7, 11) is 0. The molecule has 0 atom stereocenters. The molecule has 2 aromatic rings. The van der Waals surface area contributed by atoms with Crippen LogP contribution in [0, 0.1) is 3.57 Å². The van der Waals surface area contributed by atoms with Crippen molar-refractivity contribution < 1.29 is 9.90 Å². The number of amides is 1. The van der Waals surface area contributed by atoms with Crippen LogP contribution in [0.5, 0.6) is 5.75 Å². The Kier molecular flexibility index (Phi) is 5.07. The molecule has 0 aliphatic carbocycles. The molecule has 0 fully saturated rings. The first kappa shape index (κ1) is 14.9. The highest BCUT2D eigenvalue weighted by atomic mass is 127. The summed E-state index contributed by atoms with van der Waals surface area (Å²) in [4.78, 5) is 15.6. The largest absolute Gasteiger partial charge is 0.506 e. The normalized spacial score (nSPS) is 10.7. The third kappa shape index (κ3) is 3.76. The molecule has 7 heteroatoms. The summed E-state index contributed by atoms with van der Waals surface area (Å²) in [5, 5.41) is 13.7. The number of phenolic OH excluding ortho intramolecular Hbond substituents is 1. The lowest BCUT2D eigenvalue weighted by Crippen LogP contribution is -2.17. The second kappa shape index (κ2) is 6.80. The van der Waals surface area contributed by atoms with E-state index in [1.807, 2.05) is 22.6 Å². The van der Waals surface area contributed by atoms with Crippen LogP contribution >= 0.6 is 38.5 Å². The lowest BCUT2D eigenvalue weighted by atomic mass is 10.2. The highest BCUT2D eigenvalue weighted by Gasteiger charge is 2.06. The lowest BCUT2D eigenvalue weighted by molar-refractivity contribution is 0.0955. The van der Waals surface area contributed by atoms with E-state index in [9.17, 15) is 9.90 Å². The quantitative estimate of drug-likeness (QED) is 0.433. The van der Waals surface area contributed by atoms with Crippen LogP contribution in [-0.2, 0) is 0 Å². The van der Waals surface area contributed by atoms with Crippen LogP contribution in [0.4, 0.5) is 0 Å². The van der Waals surface area contributed by atoms with E-state index in [-0.39, 0.29) is 11.7 Å². The van der Waals surface area contributed by atoms with Gasteiger partial charge >= 0.3 is 0 Å². The van der Waals surface area contributed by atoms with E-state index in [4.69, 9.17) is 0 Å². The number of nitrogens with zero attached hydrogens (tertiary/aromatic N) is 2. The van der Waals surface area contributed by atoms with Crippen molar-refractivity contribution in [1.29, 1.82) is 0 Å². The Hall–Kier alpha value is -1.48. The summed E-state index contributed by atoms with van der Waals surface area (Å²) in [5.74, 6) is -0.219. The number of rotatable bonds is 3. The molecule has 1 aromatic carbocycles. The molecule has 5 nitrogen and oxygen atoms in total. The van der Waals surface area contributed by atoms with Crippen LogP contribution in [0.1, 0.15) is 15.9 Å². The number of hydrogen-bond acceptors (Lipinski definition) is 4. The molecule has 0 bridgehead atoms. The Balaban J connectivity index is 2.10. The van der Waals surface area contributed by atoms with Crippen LogP contribution in [0.25, 0.3) is 0 Å². The van der Waals surface area contributed by atoms with Gasteiger partial charge < -0.3 is 5.11 Å². The SMILES string of the molecule is O=C(N/N=C\c1cc(Br)cc(I)c1O)c1ccncc1. The molecule has 0 radical (unpaired) electrons. The molecular formula is C13H9BrIN3O2. The molecule has 1 heterocycles. The molecule has 2 rings (SSSR count). The van der Waals surface area contributed by atoms with Gasteiger partial charge in [0.25, 0.3) is 5.91 Å². The van der Waals surface area contributed by atoms with Crippen molar-refractivity contribution in [3.8, 4) is 5.75 Å². The molecule has 1 aromatic heterocycles. The maximum atomic E-state index is 11.7. The van der Waals surface area contributed by atoms with Crippen molar-refractivity contribution in [2.45, 2.75) is 0 Å². The predicted octanol–water partition coefficient (Wildman–Crippen LogP) is 2.92. The Bertz CT molecular complexity index is 662. The number of hydrazone groups is 1. The minimum absolute atomic E-state index is 0.121. The monoisotopic (exact) mass is 445 g/mol. The van der Waals surface area contributed by atoms with Gasteiger partial charge in [-0.2, -0.15) is 5.10 Å². The Morgan fingerprint density at radius 2 is 2.10 bits per heavy atom. The first-order valence-corrected chi connectivity index (χ1v) is 7.36. The molecular weight excluding hydrogens is 437 g/mol. The molecule has 20 heavy (non-hydrogen) atoms. The maximum absolute atomic E-state index is 11.7. The van der Waals surface area contributed by atoms with E-state index in [2.05, 4.69) is 31.4 Å². The van der Waals surface area contributed by atoms with Crippen molar-refractivity contribution in [1.82, 2.24) is 10.4 Å². The number of pyridine rings is 1. The maximum Gasteiger partial charge on any atom is 0.271 e. The van der Waals surface area contributed by atoms with Crippen LogP contribution < -0.4 is 5.43 Å². The number of hydrogen-bond donors (Lipinski definition) is 2. The molecule has 0 saturated heterocycles. The van der Waals surface area contributed by atoms with Gasteiger partial charge in [-0.05, 0) is 46.9 Å². The van der Waals surface area contributed by atoms with Crippen LogP contribution in [0.2, 0.25) is 0 Å². The number of halogens is 2. The summed E-state index contributed by atoms with van der Waals surface area (Å²) in [6.07, 6.45) is 4.45. The number of carbonyl (C=O) groups is 1. The van der Waals surface area contributed by atoms with Crippen molar-refractivity contribution in [2.24, 2.45) is 5.10 Å². The van der Waals surface area contributed by atoms with Gasteiger partial charge in [0.2, 0.25) is 0 Å². The topological polar surface area (TPSA) is 74.6 Å². The van der Waals surface area contributed by atoms with Gasteiger partial charge in [-0.15, -0.1) is 0 Å². The van der Waals surface area contributed by atoms with Gasteiger partial charge in [0.05, 0.1) is 9.78 Å². The molecule has 1 amide bonds. The van der Waals surface area contributed by atoms with Gasteiger partial charge in [0.15, 0.2) is 0 Å². The van der Waals surface area contributed by atoms with E-state index >= 15 is 0 Å². The predicted molar refractivity (Wildman–Crippen MR) is 87.8 cm³/mol. The third-order valence-electron chi connectivity index (χ3n) is 2.37. The average Bonchev–Trinajstić information content (AvgIpc) is 2.44. The number of benzene rings is 1. The smallest absolute Gasteiger partial charge is 0.271 e. The fraction of sp³-hybridized carbons (Fsp3) is 0. The highest BCUT2D eigenvalue weighted by Crippen LogP contribution is 2.27. The number of phenols is 1. The van der Waals surface area contributed by atoms with E-state index in [0.29, 0.717) is 14.7 Å². The van der Waals surface area contributed by atoms with Crippen LogP contribution in [0.3, 0.4) is 0 Å². The summed E-state index contributed by atoms with van der Waals surface area (Å²) in [6.45, 7) is 0. The van der Waals surface area contributed by atoms with E-state index in [0.717, 1.165) is 4.47 Å². The van der Waals surface area contributed by atoms with Gasteiger partial charge in [-0.25, -0.2) is 5.43 Å². The first-order valence-electron chi connectivity index (χ1n) is 5.49. The van der Waals surface area contributed by atoms with Crippen molar-refractivity contribution in [3.63, 3.8) is 0 Å². The van der Waals surface area contributed by atoms with Crippen LogP contribution in [0.15, 0.2) is 46.2 Å². The third-order valence-corrected chi connectivity index (χ3v) is 3.65. The van der Waals surface area contributed by atoms with Crippen molar-refractivity contribution >= 4 is 50.6 Å². The Morgan fingerprint density at radius 3 is 2.80 bits per heavy atom. The van der Waals surface area contributed by atoms with Gasteiger partial charge in [0.1, 0.15) is 5.75 Å². The molecule has 2 N–H and O–H groups in total. The average molecular weight is 446 g/mol. The molecule has 0 unspecified atom stereocenters. The number of carbonyl (C=O) groups excluding carboxylic acids is 1. The second-order valence-corrected chi connectivity index (χ2v) is 5.84. The lowest BCUT2D eigenvalue weighted by Gasteiger charge is -2.03. The Morgan fingerprint density at radius 1 is 1.40 bits per heavy atom. The van der Waals surface area contributed by atoms with Crippen molar-refractivity contribution in [2.75, 3.05) is 0 Å². The molecule has 102 valence electrons. The van der Waals surface area contributed by atoms with E-state index < -0.39 is 0 Å². The molecule has 0 aliphatic heterocycles. The Labute approximate surface area is 137 Å². The fourth-order valence-electron chi connectivity index (χ4n) is 1.41. The van der Waals surface area contributed by atoms with E-state index in [1.54, 1.807) is 24.3 Å². The van der Waals surface area contributed by atoms with Gasteiger partial charge in [0, 0.05) is 28.0 Å². The number of aromatic nitrogens is 1. The molecule has 0 spiro atoms. The number of nitrogens with one attached hydrogen (secondary N) is 1. The zero-order chi connectivity index (χ0) is 14.5. The number of aromatic hydroxyl groups is 1. The van der Waals surface area contributed by atoms with Gasteiger partial charge in [-0.1, -0.05) is 15.9 Å². The minimum atomic E-state index is -0.340. The zero-order valence-corrected chi connectivity index (χ0v) is 13.8. The van der Waals surface area contributed by atoms with Crippen molar-refractivity contribution in [3.05, 3.63) is 55.8 Å². The standard InChI is InChI=1S/C13H9BrIN3O2/c14-10-5-9(12(19)11(15)6-10)7-17-18-13(20)8-1-3-16-4-2-8/h1-7,19H,(H,18,20)/b17-7-. The zero-order valence-electron chi connectivity index (χ0n) is 10.0. The van der Waals surface area contributed by atoms with Gasteiger partial charge in [-0.3, -0.25) is 9.78 Å². The molecule has 0 aliphatic rings. The summed E-state index contributed by atoms with van der Waals surface area (Å²) in [5.41, 5.74) is 3.36. The highest BCUT2D eigenvalue weighted by molar-refractivity contribution is 14.1. The summed E-state index contributed by atoms with van der Waals surface area (Å²) in [6, 6.07) is 6.66. The fourth-order valence-corrected chi connectivity index (χ4v) is 2.96. The second-order valence-electron chi connectivity index (χ2n) is 3.76. The summed E-state index contributed by atoms with van der Waals surface area (Å²) < 4.78 is 1.51. The molecule has 0 saturated carbocycles. The first-order chi connectivity index (χ1) is 9.58. The minimum Gasteiger partial charge on any atom is -0.506 e.